The van der Waals surface area contributed by atoms with Crippen LogP contribution in [0.25, 0.3) is 0 Å². The number of nitrogens with zero attached hydrogens (tertiary/aromatic N) is 1. The molecule has 0 unspecified atom stereocenters. The summed E-state index contributed by atoms with van der Waals surface area (Å²) >= 11 is 0. The van der Waals surface area contributed by atoms with Crippen molar-refractivity contribution in [1.82, 2.24) is 10.2 Å². The van der Waals surface area contributed by atoms with Gasteiger partial charge in [-0.1, -0.05) is 6.07 Å². The number of aryl methyl sites for hydroxylation is 2. The summed E-state index contributed by atoms with van der Waals surface area (Å²) < 4.78 is 11.0. The van der Waals surface area contributed by atoms with E-state index in [1.54, 1.807) is 6.92 Å². The van der Waals surface area contributed by atoms with Crippen molar-refractivity contribution in [3.8, 4) is 5.75 Å². The third-order valence-corrected chi connectivity index (χ3v) is 3.99. The molecule has 1 amide bonds. The van der Waals surface area contributed by atoms with Gasteiger partial charge in [-0.05, 0) is 44.0 Å². The van der Waals surface area contributed by atoms with Gasteiger partial charge in [-0.3, -0.25) is 9.69 Å². The predicted octanol–water partition coefficient (Wildman–Crippen LogP) is 1.52. The molecule has 1 N–H and O–H groups in total. The van der Waals surface area contributed by atoms with Gasteiger partial charge in [0.1, 0.15) is 5.75 Å². The van der Waals surface area contributed by atoms with E-state index in [1.165, 1.54) is 5.56 Å². The Kier molecular flexibility index (Phi) is 6.21. The van der Waals surface area contributed by atoms with Crippen LogP contribution in [0, 0.1) is 13.8 Å². The van der Waals surface area contributed by atoms with Crippen LogP contribution in [0.1, 0.15) is 18.1 Å². The standard InChI is InChI=1S/C17H26N2O3/c1-13-4-5-16(12-14(13)2)22-15(3)17(20)18-6-7-19-8-10-21-11-9-19/h4-5,12,15H,6-11H2,1-3H3,(H,18,20)/t15-/m0/s1. The van der Waals surface area contributed by atoms with Crippen LogP contribution < -0.4 is 10.1 Å². The van der Waals surface area contributed by atoms with Gasteiger partial charge in [-0.25, -0.2) is 0 Å². The van der Waals surface area contributed by atoms with Crippen LogP contribution in [-0.4, -0.2) is 56.3 Å². The van der Waals surface area contributed by atoms with Gasteiger partial charge < -0.3 is 14.8 Å². The molecule has 122 valence electrons. The molecule has 1 atom stereocenters. The maximum atomic E-state index is 12.1. The number of amides is 1. The number of carbonyl (C=O) groups excluding carboxylic acids is 1. The quantitative estimate of drug-likeness (QED) is 0.866. The molecule has 5 nitrogen and oxygen atoms in total. The maximum absolute atomic E-state index is 12.1. The second kappa shape index (κ2) is 8.15. The van der Waals surface area contributed by atoms with Gasteiger partial charge in [0.25, 0.3) is 5.91 Å². The zero-order chi connectivity index (χ0) is 15.9. The van der Waals surface area contributed by atoms with Crippen molar-refractivity contribution in [2.24, 2.45) is 0 Å². The first-order valence-electron chi connectivity index (χ1n) is 7.88. The molecule has 0 aromatic heterocycles. The first-order chi connectivity index (χ1) is 10.6. The van der Waals surface area contributed by atoms with E-state index in [9.17, 15) is 4.79 Å². The summed E-state index contributed by atoms with van der Waals surface area (Å²) in [5, 5.41) is 2.93. The average molecular weight is 306 g/mol. The van der Waals surface area contributed by atoms with Crippen molar-refractivity contribution >= 4 is 5.91 Å². The van der Waals surface area contributed by atoms with Gasteiger partial charge in [-0.2, -0.15) is 0 Å². The molecule has 22 heavy (non-hydrogen) atoms. The van der Waals surface area contributed by atoms with Gasteiger partial charge in [-0.15, -0.1) is 0 Å². The molecule has 1 aromatic rings. The molecule has 0 aliphatic carbocycles. The molecule has 0 bridgehead atoms. The molecule has 0 saturated carbocycles. The minimum atomic E-state index is -0.494. The third-order valence-electron chi connectivity index (χ3n) is 3.99. The summed E-state index contributed by atoms with van der Waals surface area (Å²) in [5.41, 5.74) is 2.38. The van der Waals surface area contributed by atoms with Gasteiger partial charge in [0.2, 0.25) is 0 Å². The molecular weight excluding hydrogens is 280 g/mol. The Bertz CT molecular complexity index is 499. The van der Waals surface area contributed by atoms with Gasteiger partial charge >= 0.3 is 0 Å². The second-order valence-corrected chi connectivity index (χ2v) is 5.75. The van der Waals surface area contributed by atoms with Crippen LogP contribution in [0.5, 0.6) is 5.75 Å². The van der Waals surface area contributed by atoms with Crippen molar-refractivity contribution < 1.29 is 14.3 Å². The number of nitrogens with one attached hydrogen (secondary N) is 1. The zero-order valence-corrected chi connectivity index (χ0v) is 13.7. The summed E-state index contributed by atoms with van der Waals surface area (Å²) in [6.07, 6.45) is -0.494. The van der Waals surface area contributed by atoms with E-state index in [0.717, 1.165) is 44.2 Å². The number of hydrogen-bond acceptors (Lipinski definition) is 4. The molecule has 1 aliphatic heterocycles. The minimum absolute atomic E-state index is 0.0773. The van der Waals surface area contributed by atoms with E-state index in [2.05, 4.69) is 17.1 Å². The number of ether oxygens (including phenoxy) is 2. The summed E-state index contributed by atoms with van der Waals surface area (Å²) in [7, 11) is 0. The van der Waals surface area contributed by atoms with Crippen molar-refractivity contribution in [3.05, 3.63) is 29.3 Å². The highest BCUT2D eigenvalue weighted by molar-refractivity contribution is 5.80. The Morgan fingerprint density at radius 1 is 1.32 bits per heavy atom. The third kappa shape index (κ3) is 5.00. The lowest BCUT2D eigenvalue weighted by atomic mass is 10.1. The predicted molar refractivity (Wildman–Crippen MR) is 86.3 cm³/mol. The molecule has 1 fully saturated rings. The normalized spacial score (nSPS) is 17.0. The fraction of sp³-hybridized carbons (Fsp3) is 0.588. The summed E-state index contributed by atoms with van der Waals surface area (Å²) in [6.45, 7) is 10.8. The van der Waals surface area contributed by atoms with E-state index >= 15 is 0 Å². The van der Waals surface area contributed by atoms with Crippen LogP contribution in [-0.2, 0) is 9.53 Å². The number of hydrogen-bond donors (Lipinski definition) is 1. The SMILES string of the molecule is Cc1ccc(O[C@@H](C)C(=O)NCCN2CCOCC2)cc1C. The van der Waals surface area contributed by atoms with Crippen LogP contribution in [0.4, 0.5) is 0 Å². The average Bonchev–Trinajstić information content (AvgIpc) is 2.52. The van der Waals surface area contributed by atoms with Gasteiger partial charge in [0, 0.05) is 26.2 Å². The van der Waals surface area contributed by atoms with E-state index in [1.807, 2.05) is 25.1 Å². The lowest BCUT2D eigenvalue weighted by Crippen LogP contribution is -2.43. The topological polar surface area (TPSA) is 50.8 Å². The summed E-state index contributed by atoms with van der Waals surface area (Å²) in [4.78, 5) is 14.4. The lowest BCUT2D eigenvalue weighted by Gasteiger charge is -2.26. The highest BCUT2D eigenvalue weighted by atomic mass is 16.5. The molecular formula is C17H26N2O3. The number of rotatable bonds is 6. The number of carbonyl (C=O) groups is 1. The molecule has 1 saturated heterocycles. The highest BCUT2D eigenvalue weighted by Gasteiger charge is 2.15. The number of benzene rings is 1. The Morgan fingerprint density at radius 2 is 2.05 bits per heavy atom. The second-order valence-electron chi connectivity index (χ2n) is 5.75. The van der Waals surface area contributed by atoms with Crippen LogP contribution in [0.15, 0.2) is 18.2 Å². The smallest absolute Gasteiger partial charge is 0.260 e. The van der Waals surface area contributed by atoms with Gasteiger partial charge in [0.15, 0.2) is 6.10 Å². The maximum Gasteiger partial charge on any atom is 0.260 e. The first-order valence-corrected chi connectivity index (χ1v) is 7.88. The molecule has 1 aromatic carbocycles. The number of morpholine rings is 1. The molecule has 1 heterocycles. The van der Waals surface area contributed by atoms with Crippen molar-refractivity contribution in [3.63, 3.8) is 0 Å². The molecule has 2 rings (SSSR count). The Balaban J connectivity index is 1.73. The first kappa shape index (κ1) is 16.8. The van der Waals surface area contributed by atoms with E-state index in [4.69, 9.17) is 9.47 Å². The minimum Gasteiger partial charge on any atom is -0.481 e. The molecule has 1 aliphatic rings. The Morgan fingerprint density at radius 3 is 2.73 bits per heavy atom. The zero-order valence-electron chi connectivity index (χ0n) is 13.7. The van der Waals surface area contributed by atoms with Crippen molar-refractivity contribution in [2.45, 2.75) is 26.9 Å². The van der Waals surface area contributed by atoms with Gasteiger partial charge in [0.05, 0.1) is 13.2 Å². The fourth-order valence-electron chi connectivity index (χ4n) is 2.35. The fourth-order valence-corrected chi connectivity index (χ4v) is 2.35. The Hall–Kier alpha value is -1.59. The molecule has 5 heteroatoms. The van der Waals surface area contributed by atoms with E-state index in [0.29, 0.717) is 6.54 Å². The summed E-state index contributed by atoms with van der Waals surface area (Å²) in [5.74, 6) is 0.658. The van der Waals surface area contributed by atoms with Crippen LogP contribution in [0.2, 0.25) is 0 Å². The molecule has 0 spiro atoms. The van der Waals surface area contributed by atoms with E-state index in [-0.39, 0.29) is 5.91 Å². The van der Waals surface area contributed by atoms with Crippen LogP contribution >= 0.6 is 0 Å². The van der Waals surface area contributed by atoms with Crippen molar-refractivity contribution in [2.75, 3.05) is 39.4 Å². The lowest BCUT2D eigenvalue weighted by molar-refractivity contribution is -0.127. The molecule has 0 radical (unpaired) electrons. The van der Waals surface area contributed by atoms with E-state index < -0.39 is 6.10 Å². The highest BCUT2D eigenvalue weighted by Crippen LogP contribution is 2.17. The largest absolute Gasteiger partial charge is 0.481 e. The van der Waals surface area contributed by atoms with Crippen molar-refractivity contribution in [1.29, 1.82) is 0 Å². The monoisotopic (exact) mass is 306 g/mol. The summed E-state index contributed by atoms with van der Waals surface area (Å²) in [6, 6.07) is 5.88. The Labute approximate surface area is 132 Å². The van der Waals surface area contributed by atoms with Crippen LogP contribution in [0.3, 0.4) is 0 Å².